The van der Waals surface area contributed by atoms with E-state index in [1.807, 2.05) is 0 Å². The third-order valence-electron chi connectivity index (χ3n) is 1.55. The molecule has 0 spiro atoms. The Bertz CT molecular complexity index is 113. The molecule has 0 saturated carbocycles. The summed E-state index contributed by atoms with van der Waals surface area (Å²) in [6, 6.07) is 0.546. The first-order valence-corrected chi connectivity index (χ1v) is 4.89. The summed E-state index contributed by atoms with van der Waals surface area (Å²) in [5, 5.41) is 7.00. The molecule has 2 N–H and O–H groups in total. The fourth-order valence-electron chi connectivity index (χ4n) is 1.19. The van der Waals surface area contributed by atoms with Gasteiger partial charge in [0.2, 0.25) is 0 Å². The van der Waals surface area contributed by atoms with E-state index in [9.17, 15) is 0 Å². The second-order valence-electron chi connectivity index (χ2n) is 4.68. The summed E-state index contributed by atoms with van der Waals surface area (Å²) < 4.78 is 0. The molecule has 0 aliphatic heterocycles. The molecular weight excluding hydrogens is 148 g/mol. The van der Waals surface area contributed by atoms with Gasteiger partial charge in [0.05, 0.1) is 6.17 Å². The smallest absolute Gasteiger partial charge is 0.0574 e. The van der Waals surface area contributed by atoms with Crippen molar-refractivity contribution in [3.63, 3.8) is 0 Å². The van der Waals surface area contributed by atoms with E-state index >= 15 is 0 Å². The van der Waals surface area contributed by atoms with Crippen LogP contribution in [0.5, 0.6) is 0 Å². The van der Waals surface area contributed by atoms with E-state index in [0.717, 1.165) is 6.42 Å². The van der Waals surface area contributed by atoms with Crippen LogP contribution in [-0.2, 0) is 0 Å². The van der Waals surface area contributed by atoms with Gasteiger partial charge in [0, 0.05) is 11.6 Å². The summed E-state index contributed by atoms with van der Waals surface area (Å²) in [4.78, 5) is 0. The normalized spacial score (nSPS) is 15.2. The van der Waals surface area contributed by atoms with Crippen molar-refractivity contribution in [1.29, 1.82) is 0 Å². The standard InChI is InChI=1S/C10H24N2/c1-7-9(11-8(2)3)12-10(4,5)6/h8-9,11-12H,7H2,1-6H3. The number of hydrogen-bond donors (Lipinski definition) is 2. The molecule has 2 nitrogen and oxygen atoms in total. The molecule has 0 aliphatic carbocycles. The topological polar surface area (TPSA) is 24.1 Å². The third-order valence-corrected chi connectivity index (χ3v) is 1.55. The minimum atomic E-state index is 0.197. The van der Waals surface area contributed by atoms with Gasteiger partial charge in [-0.15, -0.1) is 0 Å². The maximum atomic E-state index is 3.53. The zero-order chi connectivity index (χ0) is 9.78. The van der Waals surface area contributed by atoms with Crippen LogP contribution < -0.4 is 10.6 Å². The van der Waals surface area contributed by atoms with Crippen LogP contribution in [0, 0.1) is 0 Å². The highest BCUT2D eigenvalue weighted by Gasteiger charge is 2.15. The lowest BCUT2D eigenvalue weighted by Gasteiger charge is -2.30. The molecule has 74 valence electrons. The minimum Gasteiger partial charge on any atom is -0.300 e. The molecule has 0 bridgehead atoms. The van der Waals surface area contributed by atoms with E-state index in [1.165, 1.54) is 0 Å². The zero-order valence-corrected chi connectivity index (χ0v) is 9.36. The van der Waals surface area contributed by atoms with Crippen LogP contribution in [0.4, 0.5) is 0 Å². The molecule has 12 heavy (non-hydrogen) atoms. The lowest BCUT2D eigenvalue weighted by Crippen LogP contribution is -2.52. The highest BCUT2D eigenvalue weighted by atomic mass is 15.2. The Balaban J connectivity index is 3.83. The summed E-state index contributed by atoms with van der Waals surface area (Å²) >= 11 is 0. The van der Waals surface area contributed by atoms with Crippen LogP contribution in [-0.4, -0.2) is 17.7 Å². The first-order valence-electron chi connectivity index (χ1n) is 4.89. The monoisotopic (exact) mass is 172 g/mol. The fraction of sp³-hybridized carbons (Fsp3) is 1.00. The molecule has 0 fully saturated rings. The number of hydrogen-bond acceptors (Lipinski definition) is 2. The molecule has 0 radical (unpaired) electrons. The molecule has 0 aromatic rings. The van der Waals surface area contributed by atoms with Crippen molar-refractivity contribution in [2.24, 2.45) is 0 Å². The van der Waals surface area contributed by atoms with Gasteiger partial charge in [-0.1, -0.05) is 6.92 Å². The predicted octanol–water partition coefficient (Wildman–Crippen LogP) is 2.11. The SMILES string of the molecule is CCC(NC(C)C)NC(C)(C)C. The quantitative estimate of drug-likeness (QED) is 0.635. The van der Waals surface area contributed by atoms with Crippen molar-refractivity contribution >= 4 is 0 Å². The Kier molecular flexibility index (Phi) is 4.80. The van der Waals surface area contributed by atoms with Gasteiger partial charge in [0.1, 0.15) is 0 Å². The largest absolute Gasteiger partial charge is 0.300 e. The summed E-state index contributed by atoms with van der Waals surface area (Å²) in [6.45, 7) is 13.1. The minimum absolute atomic E-state index is 0.197. The van der Waals surface area contributed by atoms with E-state index in [2.05, 4.69) is 52.2 Å². The van der Waals surface area contributed by atoms with Crippen LogP contribution in [0.25, 0.3) is 0 Å². The summed E-state index contributed by atoms with van der Waals surface area (Å²) in [7, 11) is 0. The van der Waals surface area contributed by atoms with E-state index in [-0.39, 0.29) is 5.54 Å². The van der Waals surface area contributed by atoms with E-state index in [0.29, 0.717) is 12.2 Å². The Morgan fingerprint density at radius 3 is 1.92 bits per heavy atom. The molecule has 0 aromatic heterocycles. The van der Waals surface area contributed by atoms with Crippen LogP contribution in [0.3, 0.4) is 0 Å². The third kappa shape index (κ3) is 6.62. The molecule has 0 saturated heterocycles. The average molecular weight is 172 g/mol. The van der Waals surface area contributed by atoms with Crippen molar-refractivity contribution < 1.29 is 0 Å². The van der Waals surface area contributed by atoms with Crippen LogP contribution >= 0.6 is 0 Å². The van der Waals surface area contributed by atoms with Crippen molar-refractivity contribution in [3.05, 3.63) is 0 Å². The highest BCUT2D eigenvalue weighted by Crippen LogP contribution is 2.02. The Hall–Kier alpha value is -0.0800. The molecule has 1 unspecified atom stereocenters. The average Bonchev–Trinajstić information content (AvgIpc) is 1.82. The number of rotatable bonds is 4. The summed E-state index contributed by atoms with van der Waals surface area (Å²) in [5.74, 6) is 0. The molecule has 0 heterocycles. The molecule has 2 heteroatoms. The van der Waals surface area contributed by atoms with Gasteiger partial charge >= 0.3 is 0 Å². The predicted molar refractivity (Wildman–Crippen MR) is 55.2 cm³/mol. The van der Waals surface area contributed by atoms with Gasteiger partial charge < -0.3 is 0 Å². The van der Waals surface area contributed by atoms with Crippen molar-refractivity contribution in [1.82, 2.24) is 10.6 Å². The molecule has 1 atom stereocenters. The molecular formula is C10H24N2. The van der Waals surface area contributed by atoms with Crippen LogP contribution in [0.1, 0.15) is 48.0 Å². The second-order valence-corrected chi connectivity index (χ2v) is 4.68. The van der Waals surface area contributed by atoms with Gasteiger partial charge in [-0.2, -0.15) is 0 Å². The maximum Gasteiger partial charge on any atom is 0.0574 e. The molecule has 0 aliphatic rings. The van der Waals surface area contributed by atoms with Crippen LogP contribution in [0.15, 0.2) is 0 Å². The first-order chi connectivity index (χ1) is 5.35. The van der Waals surface area contributed by atoms with Crippen molar-refractivity contribution in [3.8, 4) is 0 Å². The maximum absolute atomic E-state index is 3.53. The first kappa shape index (κ1) is 11.9. The highest BCUT2D eigenvalue weighted by molar-refractivity contribution is 4.76. The zero-order valence-electron chi connectivity index (χ0n) is 9.36. The summed E-state index contributed by atoms with van der Waals surface area (Å²) in [5.41, 5.74) is 0.197. The second kappa shape index (κ2) is 4.83. The van der Waals surface area contributed by atoms with Crippen LogP contribution in [0.2, 0.25) is 0 Å². The molecule has 0 amide bonds. The Labute approximate surface area is 77.1 Å². The van der Waals surface area contributed by atoms with Gasteiger partial charge in [-0.25, -0.2) is 0 Å². The van der Waals surface area contributed by atoms with Gasteiger partial charge in [-0.05, 0) is 41.0 Å². The number of nitrogens with one attached hydrogen (secondary N) is 2. The lowest BCUT2D eigenvalue weighted by molar-refractivity contribution is 0.296. The van der Waals surface area contributed by atoms with E-state index in [1.54, 1.807) is 0 Å². The molecule has 0 aromatic carbocycles. The van der Waals surface area contributed by atoms with Crippen molar-refractivity contribution in [2.45, 2.75) is 65.7 Å². The summed E-state index contributed by atoms with van der Waals surface area (Å²) in [6.07, 6.45) is 1.56. The van der Waals surface area contributed by atoms with Crippen molar-refractivity contribution in [2.75, 3.05) is 0 Å². The molecule has 0 rings (SSSR count). The van der Waals surface area contributed by atoms with Gasteiger partial charge in [-0.3, -0.25) is 10.6 Å². The Morgan fingerprint density at radius 1 is 1.17 bits per heavy atom. The fourth-order valence-corrected chi connectivity index (χ4v) is 1.19. The van der Waals surface area contributed by atoms with Gasteiger partial charge in [0.15, 0.2) is 0 Å². The Morgan fingerprint density at radius 2 is 1.67 bits per heavy atom. The lowest BCUT2D eigenvalue weighted by atomic mass is 10.1. The van der Waals surface area contributed by atoms with Gasteiger partial charge in [0.25, 0.3) is 0 Å². The van der Waals surface area contributed by atoms with E-state index < -0.39 is 0 Å². The van der Waals surface area contributed by atoms with E-state index in [4.69, 9.17) is 0 Å².